The average Bonchev–Trinajstić information content (AvgIpc) is 3.05. The molecule has 25 heavy (non-hydrogen) atoms. The monoisotopic (exact) mass is 399 g/mol. The second kappa shape index (κ2) is 7.85. The number of piperidine rings is 1. The van der Waals surface area contributed by atoms with Crippen LogP contribution in [0.5, 0.6) is 5.88 Å². The molecule has 0 saturated carbocycles. The van der Waals surface area contributed by atoms with Crippen molar-refractivity contribution in [3.8, 4) is 22.7 Å². The highest BCUT2D eigenvalue weighted by Gasteiger charge is 2.21. The molecule has 0 radical (unpaired) electrons. The van der Waals surface area contributed by atoms with Crippen molar-refractivity contribution in [2.75, 3.05) is 13.1 Å². The number of hydrogen-bond acceptors (Lipinski definition) is 3. The first-order chi connectivity index (χ1) is 11.8. The SMILES string of the molecule is Br.Oc1cc(C2CCNCC2)n(-c2cccc(-c3ccccc3)c2)n1. The van der Waals surface area contributed by atoms with Crippen molar-refractivity contribution in [3.05, 3.63) is 66.4 Å². The van der Waals surface area contributed by atoms with Gasteiger partial charge in [-0.25, -0.2) is 4.68 Å². The van der Waals surface area contributed by atoms with E-state index in [1.54, 1.807) is 0 Å². The van der Waals surface area contributed by atoms with E-state index in [0.29, 0.717) is 5.92 Å². The number of rotatable bonds is 3. The Morgan fingerprint density at radius 1 is 0.920 bits per heavy atom. The molecule has 0 spiro atoms. The minimum atomic E-state index is 0. The van der Waals surface area contributed by atoms with E-state index in [2.05, 4.69) is 34.7 Å². The fraction of sp³-hybridized carbons (Fsp3) is 0.250. The lowest BCUT2D eigenvalue weighted by Gasteiger charge is -2.23. The van der Waals surface area contributed by atoms with Gasteiger partial charge in [0.15, 0.2) is 0 Å². The van der Waals surface area contributed by atoms with Crippen LogP contribution >= 0.6 is 17.0 Å². The Balaban J connectivity index is 0.00000182. The molecule has 4 nitrogen and oxygen atoms in total. The zero-order valence-electron chi connectivity index (χ0n) is 13.9. The summed E-state index contributed by atoms with van der Waals surface area (Å²) in [7, 11) is 0. The maximum atomic E-state index is 9.96. The molecule has 4 rings (SSSR count). The van der Waals surface area contributed by atoms with Crippen molar-refractivity contribution in [2.24, 2.45) is 0 Å². The lowest BCUT2D eigenvalue weighted by Crippen LogP contribution is -2.27. The second-order valence-corrected chi connectivity index (χ2v) is 6.28. The van der Waals surface area contributed by atoms with Crippen molar-refractivity contribution in [1.29, 1.82) is 0 Å². The lowest BCUT2D eigenvalue weighted by molar-refractivity contribution is 0.442. The van der Waals surface area contributed by atoms with Crippen LogP contribution in [0.15, 0.2) is 60.7 Å². The average molecular weight is 400 g/mol. The molecule has 0 aliphatic carbocycles. The van der Waals surface area contributed by atoms with Gasteiger partial charge in [0, 0.05) is 12.0 Å². The Hall–Kier alpha value is -2.11. The first-order valence-corrected chi connectivity index (χ1v) is 8.47. The summed E-state index contributed by atoms with van der Waals surface area (Å²) in [5.41, 5.74) is 4.42. The molecule has 2 heterocycles. The van der Waals surface area contributed by atoms with E-state index < -0.39 is 0 Å². The quantitative estimate of drug-likeness (QED) is 0.690. The fourth-order valence-electron chi connectivity index (χ4n) is 3.45. The highest BCUT2D eigenvalue weighted by Crippen LogP contribution is 2.31. The lowest BCUT2D eigenvalue weighted by atomic mass is 9.94. The van der Waals surface area contributed by atoms with E-state index in [9.17, 15) is 5.11 Å². The van der Waals surface area contributed by atoms with Gasteiger partial charge in [-0.05, 0) is 49.2 Å². The molecule has 130 valence electrons. The molecule has 2 N–H and O–H groups in total. The van der Waals surface area contributed by atoms with Crippen LogP contribution in [-0.2, 0) is 0 Å². The van der Waals surface area contributed by atoms with Crippen molar-refractivity contribution in [1.82, 2.24) is 15.1 Å². The van der Waals surface area contributed by atoms with Gasteiger partial charge in [-0.2, -0.15) is 0 Å². The summed E-state index contributed by atoms with van der Waals surface area (Å²) in [6.07, 6.45) is 2.15. The van der Waals surface area contributed by atoms with Crippen molar-refractivity contribution >= 4 is 17.0 Å². The summed E-state index contributed by atoms with van der Waals surface area (Å²) in [5.74, 6) is 0.522. The number of halogens is 1. The molecular formula is C20H22BrN3O. The van der Waals surface area contributed by atoms with Gasteiger partial charge in [0.2, 0.25) is 5.88 Å². The van der Waals surface area contributed by atoms with E-state index >= 15 is 0 Å². The Labute approximate surface area is 158 Å². The molecule has 1 fully saturated rings. The predicted molar refractivity (Wildman–Crippen MR) is 106 cm³/mol. The molecule has 0 bridgehead atoms. The zero-order valence-corrected chi connectivity index (χ0v) is 15.6. The normalized spacial score (nSPS) is 14.9. The van der Waals surface area contributed by atoms with E-state index in [1.807, 2.05) is 41.1 Å². The fourth-order valence-corrected chi connectivity index (χ4v) is 3.45. The van der Waals surface area contributed by atoms with Gasteiger partial charge in [-0.3, -0.25) is 0 Å². The number of hydrogen-bond donors (Lipinski definition) is 2. The van der Waals surface area contributed by atoms with E-state index in [4.69, 9.17) is 0 Å². The van der Waals surface area contributed by atoms with Gasteiger partial charge in [0.1, 0.15) is 0 Å². The molecule has 0 unspecified atom stereocenters. The molecule has 1 saturated heterocycles. The largest absolute Gasteiger partial charge is 0.492 e. The molecule has 0 atom stereocenters. The van der Waals surface area contributed by atoms with Crippen molar-refractivity contribution < 1.29 is 5.11 Å². The van der Waals surface area contributed by atoms with Gasteiger partial charge >= 0.3 is 0 Å². The van der Waals surface area contributed by atoms with Crippen LogP contribution in [0.2, 0.25) is 0 Å². The van der Waals surface area contributed by atoms with Crippen LogP contribution in [0.25, 0.3) is 16.8 Å². The molecule has 2 aromatic carbocycles. The smallest absolute Gasteiger partial charge is 0.231 e. The Morgan fingerprint density at radius 3 is 2.40 bits per heavy atom. The summed E-state index contributed by atoms with van der Waals surface area (Å²) in [4.78, 5) is 0. The molecule has 3 aromatic rings. The maximum absolute atomic E-state index is 9.96. The highest BCUT2D eigenvalue weighted by molar-refractivity contribution is 8.93. The molecular weight excluding hydrogens is 378 g/mol. The number of benzene rings is 2. The van der Waals surface area contributed by atoms with Crippen LogP contribution in [0.3, 0.4) is 0 Å². The molecule has 5 heteroatoms. The van der Waals surface area contributed by atoms with E-state index in [0.717, 1.165) is 42.9 Å². The first-order valence-electron chi connectivity index (χ1n) is 8.47. The summed E-state index contributed by atoms with van der Waals surface area (Å²) < 4.78 is 1.90. The topological polar surface area (TPSA) is 50.1 Å². The van der Waals surface area contributed by atoms with Crippen LogP contribution in [0.1, 0.15) is 24.5 Å². The molecule has 1 aliphatic rings. The summed E-state index contributed by atoms with van der Waals surface area (Å²) in [6, 6.07) is 20.5. The first kappa shape index (κ1) is 17.7. The zero-order chi connectivity index (χ0) is 16.4. The summed E-state index contributed by atoms with van der Waals surface area (Å²) >= 11 is 0. The maximum Gasteiger partial charge on any atom is 0.231 e. The highest BCUT2D eigenvalue weighted by atomic mass is 79.9. The predicted octanol–water partition coefficient (Wildman–Crippen LogP) is 4.29. The van der Waals surface area contributed by atoms with Crippen LogP contribution in [0.4, 0.5) is 0 Å². The van der Waals surface area contributed by atoms with Gasteiger partial charge in [0.05, 0.1) is 11.4 Å². The Morgan fingerprint density at radius 2 is 1.64 bits per heavy atom. The standard InChI is InChI=1S/C20H21N3O.BrH/c24-20-14-19(16-9-11-21-12-10-16)23(22-20)18-8-4-7-17(13-18)15-5-2-1-3-6-15;/h1-8,13-14,16,21H,9-12H2,(H,22,24);1H. The van der Waals surface area contributed by atoms with Crippen LogP contribution < -0.4 is 5.32 Å². The van der Waals surface area contributed by atoms with Crippen LogP contribution in [-0.4, -0.2) is 28.0 Å². The molecule has 1 aromatic heterocycles. The van der Waals surface area contributed by atoms with Crippen LogP contribution in [0, 0.1) is 0 Å². The minimum absolute atomic E-state index is 0. The summed E-state index contributed by atoms with van der Waals surface area (Å²) in [5, 5.41) is 17.7. The Bertz CT molecular complexity index is 826. The number of aromatic nitrogens is 2. The van der Waals surface area contributed by atoms with Gasteiger partial charge in [-0.15, -0.1) is 22.1 Å². The molecule has 1 aliphatic heterocycles. The van der Waals surface area contributed by atoms with Gasteiger partial charge in [0.25, 0.3) is 0 Å². The summed E-state index contributed by atoms with van der Waals surface area (Å²) in [6.45, 7) is 2.03. The second-order valence-electron chi connectivity index (χ2n) is 6.28. The van der Waals surface area contributed by atoms with Crippen molar-refractivity contribution in [3.63, 3.8) is 0 Å². The third-order valence-electron chi connectivity index (χ3n) is 4.68. The van der Waals surface area contributed by atoms with Gasteiger partial charge in [-0.1, -0.05) is 42.5 Å². The van der Waals surface area contributed by atoms with E-state index in [-0.39, 0.29) is 22.9 Å². The minimum Gasteiger partial charge on any atom is -0.492 e. The van der Waals surface area contributed by atoms with E-state index in [1.165, 1.54) is 5.56 Å². The Kier molecular flexibility index (Phi) is 5.56. The van der Waals surface area contributed by atoms with Crippen molar-refractivity contribution in [2.45, 2.75) is 18.8 Å². The van der Waals surface area contributed by atoms with Gasteiger partial charge < -0.3 is 10.4 Å². The number of nitrogens with one attached hydrogen (secondary N) is 1. The third kappa shape index (κ3) is 3.78. The number of aromatic hydroxyl groups is 1. The molecule has 0 amide bonds. The number of nitrogens with zero attached hydrogens (tertiary/aromatic N) is 2. The third-order valence-corrected chi connectivity index (χ3v) is 4.68.